The average Bonchev–Trinajstić information content (AvgIpc) is 2.03. The number of hydrogen-bond acceptors (Lipinski definition) is 1. The molecule has 1 N–H and O–H groups in total. The van der Waals surface area contributed by atoms with E-state index in [4.69, 9.17) is 0 Å². The van der Waals surface area contributed by atoms with E-state index in [1.54, 1.807) is 5.49 Å². The van der Waals surface area contributed by atoms with Crippen LogP contribution >= 0.6 is 12.2 Å². The fourth-order valence-electron chi connectivity index (χ4n) is 1.20. The molecule has 1 aromatic carbocycles. The molecule has 1 rings (SSSR count). The molecule has 0 bridgehead atoms. The third-order valence-electron chi connectivity index (χ3n) is 1.87. The summed E-state index contributed by atoms with van der Waals surface area (Å²) in [4.78, 5) is 0. The molecule has 0 atom stereocenters. The first-order valence-electron chi connectivity index (χ1n) is 3.97. The second kappa shape index (κ2) is 4.21. The van der Waals surface area contributed by atoms with Crippen molar-refractivity contribution in [2.24, 2.45) is 0 Å². The minimum Gasteiger partial charge on any atom is -0.378 e. The van der Waals surface area contributed by atoms with Crippen molar-refractivity contribution in [3.63, 3.8) is 0 Å². The van der Waals surface area contributed by atoms with Gasteiger partial charge in [-0.2, -0.15) is 0 Å². The van der Waals surface area contributed by atoms with E-state index in [9.17, 15) is 0 Å². The summed E-state index contributed by atoms with van der Waals surface area (Å²) in [5.41, 5.74) is 5.49. The van der Waals surface area contributed by atoms with E-state index in [-0.39, 0.29) is 0 Å². The number of rotatable bonds is 3. The quantitative estimate of drug-likeness (QED) is 0.715. The maximum Gasteiger partial charge on any atom is 0.0617 e. The summed E-state index contributed by atoms with van der Waals surface area (Å²) in [6.07, 6.45) is 0. The molecular weight excluding hydrogens is 166 g/mol. The first-order chi connectivity index (χ1) is 5.74. The molecule has 0 spiro atoms. The van der Waals surface area contributed by atoms with Crippen LogP contribution in [-0.2, 0) is 6.54 Å². The van der Waals surface area contributed by atoms with Crippen LogP contribution in [0.25, 0.3) is 0 Å². The minimum atomic E-state index is 0.829. The van der Waals surface area contributed by atoms with Gasteiger partial charge in [0, 0.05) is 6.54 Å². The van der Waals surface area contributed by atoms with Crippen LogP contribution in [0.2, 0.25) is 0 Å². The van der Waals surface area contributed by atoms with Crippen molar-refractivity contribution in [1.29, 1.82) is 0 Å². The van der Waals surface area contributed by atoms with Crippen molar-refractivity contribution in [1.82, 2.24) is 5.32 Å². The standard InChI is InChI=1S/C10H13NS/c1-8-3-4-10(6-11-7-12)9(2)5-8/h3-5,7H,6H2,1-2H3,(H,11,12). The van der Waals surface area contributed by atoms with Crippen LogP contribution in [0, 0.1) is 13.8 Å². The second-order valence-corrected chi connectivity index (χ2v) is 3.16. The molecule has 0 aliphatic heterocycles. The van der Waals surface area contributed by atoms with Gasteiger partial charge in [0.1, 0.15) is 0 Å². The van der Waals surface area contributed by atoms with E-state index in [1.165, 1.54) is 16.7 Å². The summed E-state index contributed by atoms with van der Waals surface area (Å²) < 4.78 is 0. The van der Waals surface area contributed by atoms with E-state index in [0.29, 0.717) is 0 Å². The average molecular weight is 179 g/mol. The van der Waals surface area contributed by atoms with Crippen molar-refractivity contribution >= 4 is 17.7 Å². The lowest BCUT2D eigenvalue weighted by molar-refractivity contribution is 0.931. The van der Waals surface area contributed by atoms with Crippen molar-refractivity contribution in [3.8, 4) is 0 Å². The zero-order valence-corrected chi connectivity index (χ0v) is 8.24. The smallest absolute Gasteiger partial charge is 0.0617 e. The van der Waals surface area contributed by atoms with Crippen LogP contribution in [0.15, 0.2) is 18.2 Å². The van der Waals surface area contributed by atoms with Gasteiger partial charge in [0.05, 0.1) is 5.49 Å². The highest BCUT2D eigenvalue weighted by atomic mass is 32.1. The molecule has 0 amide bonds. The maximum atomic E-state index is 4.68. The Hall–Kier alpha value is -0.890. The molecule has 64 valence electrons. The molecular formula is C10H13NS. The zero-order valence-electron chi connectivity index (χ0n) is 7.42. The number of benzene rings is 1. The van der Waals surface area contributed by atoms with Gasteiger partial charge in [-0.05, 0) is 25.0 Å². The Morgan fingerprint density at radius 2 is 2.17 bits per heavy atom. The number of nitrogens with one attached hydrogen (secondary N) is 1. The first-order valence-corrected chi connectivity index (χ1v) is 4.44. The molecule has 0 radical (unpaired) electrons. The Labute approximate surface area is 78.8 Å². The lowest BCUT2D eigenvalue weighted by atomic mass is 10.1. The van der Waals surface area contributed by atoms with Gasteiger partial charge in [0.25, 0.3) is 0 Å². The molecule has 1 aromatic rings. The number of thiocarbonyl (C=S) groups is 1. The summed E-state index contributed by atoms with van der Waals surface area (Å²) >= 11 is 4.68. The van der Waals surface area contributed by atoms with E-state index in [0.717, 1.165) is 6.54 Å². The lowest BCUT2D eigenvalue weighted by Gasteiger charge is -2.05. The fourth-order valence-corrected chi connectivity index (χ4v) is 1.28. The summed E-state index contributed by atoms with van der Waals surface area (Å²) in [5, 5.41) is 3.01. The highest BCUT2D eigenvalue weighted by molar-refractivity contribution is 7.78. The molecule has 0 aromatic heterocycles. The van der Waals surface area contributed by atoms with Gasteiger partial charge in [-0.25, -0.2) is 0 Å². The van der Waals surface area contributed by atoms with Gasteiger partial charge in [0.15, 0.2) is 0 Å². The Kier molecular flexibility index (Phi) is 3.23. The Morgan fingerprint density at radius 3 is 2.75 bits per heavy atom. The third-order valence-corrected chi connectivity index (χ3v) is 2.04. The highest BCUT2D eigenvalue weighted by Gasteiger charge is 1.95. The maximum absolute atomic E-state index is 4.68. The van der Waals surface area contributed by atoms with Gasteiger partial charge in [0.2, 0.25) is 0 Å². The Balaban J connectivity index is 2.78. The molecule has 0 unspecified atom stereocenters. The number of hydrogen-bond donors (Lipinski definition) is 1. The summed E-state index contributed by atoms with van der Waals surface area (Å²) in [5.74, 6) is 0. The van der Waals surface area contributed by atoms with Crippen LogP contribution in [0.1, 0.15) is 16.7 Å². The molecule has 0 aliphatic rings. The Bertz CT molecular complexity index is 281. The van der Waals surface area contributed by atoms with Crippen LogP contribution in [0.5, 0.6) is 0 Å². The predicted octanol–water partition coefficient (Wildman–Crippen LogP) is 2.35. The van der Waals surface area contributed by atoms with Crippen molar-refractivity contribution in [2.45, 2.75) is 20.4 Å². The SMILES string of the molecule is Cc1ccc(CNC=S)c(C)c1. The highest BCUT2D eigenvalue weighted by Crippen LogP contribution is 2.09. The fraction of sp³-hybridized carbons (Fsp3) is 0.300. The Morgan fingerprint density at radius 1 is 1.42 bits per heavy atom. The molecule has 0 saturated heterocycles. The summed E-state index contributed by atoms with van der Waals surface area (Å²) in [6, 6.07) is 6.43. The van der Waals surface area contributed by atoms with Gasteiger partial charge in [-0.1, -0.05) is 36.0 Å². The van der Waals surface area contributed by atoms with Crippen molar-refractivity contribution in [3.05, 3.63) is 34.9 Å². The molecule has 0 saturated carbocycles. The van der Waals surface area contributed by atoms with Gasteiger partial charge in [-0.15, -0.1) is 0 Å². The topological polar surface area (TPSA) is 12.0 Å². The largest absolute Gasteiger partial charge is 0.378 e. The molecule has 12 heavy (non-hydrogen) atoms. The van der Waals surface area contributed by atoms with Crippen LogP contribution in [0.4, 0.5) is 0 Å². The first kappa shape index (κ1) is 9.20. The summed E-state index contributed by atoms with van der Waals surface area (Å²) in [6.45, 7) is 5.05. The molecule has 0 fully saturated rings. The number of aryl methyl sites for hydroxylation is 2. The molecule has 2 heteroatoms. The van der Waals surface area contributed by atoms with Crippen LogP contribution in [0.3, 0.4) is 0 Å². The molecule has 0 aliphatic carbocycles. The van der Waals surface area contributed by atoms with E-state index in [2.05, 4.69) is 49.6 Å². The van der Waals surface area contributed by atoms with Crippen molar-refractivity contribution < 1.29 is 0 Å². The second-order valence-electron chi connectivity index (χ2n) is 2.93. The minimum absolute atomic E-state index is 0.829. The van der Waals surface area contributed by atoms with Gasteiger partial charge < -0.3 is 5.32 Å². The van der Waals surface area contributed by atoms with Crippen LogP contribution in [-0.4, -0.2) is 5.49 Å². The normalized spacial score (nSPS) is 9.50. The predicted molar refractivity (Wildman–Crippen MR) is 56.4 cm³/mol. The zero-order chi connectivity index (χ0) is 8.97. The van der Waals surface area contributed by atoms with Crippen molar-refractivity contribution in [2.75, 3.05) is 0 Å². The molecule has 0 heterocycles. The van der Waals surface area contributed by atoms with E-state index < -0.39 is 0 Å². The summed E-state index contributed by atoms with van der Waals surface area (Å²) in [7, 11) is 0. The van der Waals surface area contributed by atoms with E-state index >= 15 is 0 Å². The third kappa shape index (κ3) is 2.31. The van der Waals surface area contributed by atoms with Crippen LogP contribution < -0.4 is 5.32 Å². The lowest BCUT2D eigenvalue weighted by Crippen LogP contribution is -2.09. The monoisotopic (exact) mass is 179 g/mol. The van der Waals surface area contributed by atoms with Gasteiger partial charge >= 0.3 is 0 Å². The van der Waals surface area contributed by atoms with E-state index in [1.807, 2.05) is 0 Å². The molecule has 1 nitrogen and oxygen atoms in total. The van der Waals surface area contributed by atoms with Gasteiger partial charge in [-0.3, -0.25) is 0 Å².